The van der Waals surface area contributed by atoms with E-state index in [9.17, 15) is 12.8 Å². The average molecular weight is 444 g/mol. The summed E-state index contributed by atoms with van der Waals surface area (Å²) in [6.45, 7) is 0. The monoisotopic (exact) mass is 444 g/mol. The van der Waals surface area contributed by atoms with Gasteiger partial charge in [-0.15, -0.1) is 0 Å². The molecular weight excluding hydrogens is 434 g/mol. The minimum atomic E-state index is -4.16. The molecule has 0 aliphatic heterocycles. The third-order valence-corrected chi connectivity index (χ3v) is 4.96. The van der Waals surface area contributed by atoms with Crippen LogP contribution >= 0.6 is 22.6 Å². The summed E-state index contributed by atoms with van der Waals surface area (Å²) in [5.41, 5.74) is 5.96. The number of pyridine rings is 1. The van der Waals surface area contributed by atoms with E-state index in [-0.39, 0.29) is 21.5 Å². The van der Waals surface area contributed by atoms with Crippen molar-refractivity contribution in [2.75, 3.05) is 5.73 Å². The number of nitrogens with two attached hydrogens (primary N) is 1. The zero-order chi connectivity index (χ0) is 16.6. The van der Waals surface area contributed by atoms with Crippen molar-refractivity contribution >= 4 is 49.3 Å². The van der Waals surface area contributed by atoms with Gasteiger partial charge in [0.05, 0.1) is 0 Å². The van der Waals surface area contributed by atoms with Crippen LogP contribution in [0.25, 0.3) is 10.9 Å². The molecule has 0 aliphatic carbocycles. The summed E-state index contributed by atoms with van der Waals surface area (Å²) < 4.78 is 44.7. The van der Waals surface area contributed by atoms with Crippen LogP contribution in [0.3, 0.4) is 0 Å². The molecule has 5 nitrogen and oxygen atoms in total. The first kappa shape index (κ1) is 15.9. The van der Waals surface area contributed by atoms with E-state index in [1.54, 1.807) is 18.2 Å². The SMILES string of the molecule is Nc1cccc(OS(=O)(=O)c2ccc(F)c3ncc(I)cc23)c1. The lowest BCUT2D eigenvalue weighted by Crippen LogP contribution is -2.11. The molecule has 0 amide bonds. The molecule has 1 aromatic heterocycles. The minimum absolute atomic E-state index is 0.0253. The molecule has 0 radical (unpaired) electrons. The van der Waals surface area contributed by atoms with Gasteiger partial charge in [0.25, 0.3) is 0 Å². The number of halogens is 2. The Balaban J connectivity index is 2.15. The number of rotatable bonds is 3. The molecule has 118 valence electrons. The second kappa shape index (κ2) is 5.93. The quantitative estimate of drug-likeness (QED) is 0.381. The van der Waals surface area contributed by atoms with E-state index in [2.05, 4.69) is 4.98 Å². The lowest BCUT2D eigenvalue weighted by molar-refractivity contribution is 0.487. The number of fused-ring (bicyclic) bond motifs is 1. The first-order valence-corrected chi connectivity index (χ1v) is 8.89. The molecule has 3 rings (SSSR count). The second-order valence-corrected chi connectivity index (χ2v) is 7.47. The van der Waals surface area contributed by atoms with Crippen molar-refractivity contribution in [3.05, 3.63) is 58.0 Å². The predicted octanol–water partition coefficient (Wildman–Crippen LogP) is 3.33. The van der Waals surface area contributed by atoms with Crippen molar-refractivity contribution in [1.82, 2.24) is 4.98 Å². The molecule has 23 heavy (non-hydrogen) atoms. The normalized spacial score (nSPS) is 11.6. The zero-order valence-corrected chi connectivity index (χ0v) is 14.5. The maximum Gasteiger partial charge on any atom is 0.339 e. The topological polar surface area (TPSA) is 82.3 Å². The summed E-state index contributed by atoms with van der Waals surface area (Å²) in [4.78, 5) is 3.80. The van der Waals surface area contributed by atoms with Crippen LogP contribution in [0.15, 0.2) is 53.6 Å². The van der Waals surface area contributed by atoms with Gasteiger partial charge in [-0.1, -0.05) is 6.07 Å². The van der Waals surface area contributed by atoms with Crippen LogP contribution in [-0.2, 0) is 10.1 Å². The van der Waals surface area contributed by atoms with Gasteiger partial charge in [0.2, 0.25) is 0 Å². The van der Waals surface area contributed by atoms with Crippen LogP contribution in [0.2, 0.25) is 0 Å². The molecule has 2 aromatic carbocycles. The summed E-state index contributed by atoms with van der Waals surface area (Å²) >= 11 is 1.98. The lowest BCUT2D eigenvalue weighted by atomic mass is 10.2. The van der Waals surface area contributed by atoms with Gasteiger partial charge in [-0.2, -0.15) is 8.42 Å². The van der Waals surface area contributed by atoms with Crippen LogP contribution in [0.4, 0.5) is 10.1 Å². The van der Waals surface area contributed by atoms with E-state index in [1.165, 1.54) is 18.3 Å². The van der Waals surface area contributed by atoms with Crippen LogP contribution in [0.1, 0.15) is 0 Å². The fourth-order valence-corrected chi connectivity index (χ4v) is 3.65. The van der Waals surface area contributed by atoms with Crippen molar-refractivity contribution in [3.63, 3.8) is 0 Å². The fourth-order valence-electron chi connectivity index (χ4n) is 2.09. The Morgan fingerprint density at radius 3 is 2.70 bits per heavy atom. The number of hydrogen-bond acceptors (Lipinski definition) is 5. The van der Waals surface area contributed by atoms with Gasteiger partial charge in [-0.05, 0) is 52.9 Å². The summed E-state index contributed by atoms with van der Waals surface area (Å²) in [5, 5.41) is 0.167. The molecule has 0 saturated carbocycles. The molecule has 0 spiro atoms. The molecule has 0 bridgehead atoms. The molecule has 0 fully saturated rings. The Labute approximate surface area is 145 Å². The van der Waals surface area contributed by atoms with Crippen LogP contribution in [0.5, 0.6) is 5.75 Å². The summed E-state index contributed by atoms with van der Waals surface area (Å²) in [6, 6.07) is 9.82. The average Bonchev–Trinajstić information content (AvgIpc) is 2.46. The fraction of sp³-hybridized carbons (Fsp3) is 0. The van der Waals surface area contributed by atoms with E-state index in [4.69, 9.17) is 9.92 Å². The first-order chi connectivity index (χ1) is 10.9. The van der Waals surface area contributed by atoms with Gasteiger partial charge in [0.1, 0.15) is 22.0 Å². The Bertz CT molecular complexity index is 1010. The maximum absolute atomic E-state index is 13.8. The van der Waals surface area contributed by atoms with E-state index < -0.39 is 15.9 Å². The largest absolute Gasteiger partial charge is 0.399 e. The molecule has 2 N–H and O–H groups in total. The predicted molar refractivity (Wildman–Crippen MR) is 93.1 cm³/mol. The van der Waals surface area contributed by atoms with Gasteiger partial charge >= 0.3 is 10.1 Å². The highest BCUT2D eigenvalue weighted by molar-refractivity contribution is 14.1. The molecule has 3 aromatic rings. The number of hydrogen-bond donors (Lipinski definition) is 1. The third-order valence-electron chi connectivity index (χ3n) is 3.06. The van der Waals surface area contributed by atoms with Gasteiger partial charge in [-0.3, -0.25) is 4.98 Å². The highest BCUT2D eigenvalue weighted by atomic mass is 127. The second-order valence-electron chi connectivity index (χ2n) is 4.71. The number of aromatic nitrogens is 1. The number of anilines is 1. The number of nitrogen functional groups attached to an aromatic ring is 1. The molecule has 0 aliphatic rings. The van der Waals surface area contributed by atoms with E-state index in [1.807, 2.05) is 22.6 Å². The molecule has 0 atom stereocenters. The Kier molecular flexibility index (Phi) is 4.11. The highest BCUT2D eigenvalue weighted by Gasteiger charge is 2.22. The van der Waals surface area contributed by atoms with Gasteiger partial charge in [0.15, 0.2) is 0 Å². The van der Waals surface area contributed by atoms with Crippen molar-refractivity contribution in [1.29, 1.82) is 0 Å². The summed E-state index contributed by atoms with van der Waals surface area (Å²) in [7, 11) is -4.16. The van der Waals surface area contributed by atoms with Gasteiger partial charge < -0.3 is 9.92 Å². The minimum Gasteiger partial charge on any atom is -0.399 e. The summed E-state index contributed by atoms with van der Waals surface area (Å²) in [5.74, 6) is -0.514. The highest BCUT2D eigenvalue weighted by Crippen LogP contribution is 2.28. The van der Waals surface area contributed by atoms with Crippen molar-refractivity contribution in [3.8, 4) is 5.75 Å². The molecular formula is C15H10FIN2O3S. The Hall–Kier alpha value is -1.94. The molecule has 0 unspecified atom stereocenters. The van der Waals surface area contributed by atoms with Crippen LogP contribution in [-0.4, -0.2) is 13.4 Å². The van der Waals surface area contributed by atoms with Crippen LogP contribution in [0, 0.1) is 9.39 Å². The zero-order valence-electron chi connectivity index (χ0n) is 11.5. The van der Waals surface area contributed by atoms with Gasteiger partial charge in [-0.25, -0.2) is 4.39 Å². The first-order valence-electron chi connectivity index (χ1n) is 6.40. The van der Waals surface area contributed by atoms with Crippen molar-refractivity contribution in [2.24, 2.45) is 0 Å². The van der Waals surface area contributed by atoms with Crippen molar-refractivity contribution in [2.45, 2.75) is 4.90 Å². The Morgan fingerprint density at radius 2 is 1.96 bits per heavy atom. The standard InChI is InChI=1S/C15H10FIN2O3S/c16-13-4-5-14(12-6-9(17)8-19-15(12)13)23(20,21)22-11-3-1-2-10(18)7-11/h1-8H,18H2. The lowest BCUT2D eigenvalue weighted by Gasteiger charge is -2.10. The van der Waals surface area contributed by atoms with Crippen molar-refractivity contribution < 1.29 is 17.0 Å². The van der Waals surface area contributed by atoms with E-state index in [0.29, 0.717) is 9.26 Å². The number of nitrogens with zero attached hydrogens (tertiary/aromatic N) is 1. The van der Waals surface area contributed by atoms with E-state index >= 15 is 0 Å². The smallest absolute Gasteiger partial charge is 0.339 e. The molecule has 8 heteroatoms. The Morgan fingerprint density at radius 1 is 1.17 bits per heavy atom. The third kappa shape index (κ3) is 3.22. The van der Waals surface area contributed by atoms with E-state index in [0.717, 1.165) is 12.1 Å². The van der Waals surface area contributed by atoms with Gasteiger partial charge in [0, 0.05) is 26.9 Å². The number of benzene rings is 2. The molecule has 1 heterocycles. The maximum atomic E-state index is 13.8. The summed E-state index contributed by atoms with van der Waals surface area (Å²) in [6.07, 6.45) is 1.46. The molecule has 0 saturated heterocycles. The van der Waals surface area contributed by atoms with Crippen LogP contribution < -0.4 is 9.92 Å².